The molecule has 0 atom stereocenters. The number of pyridine rings is 1. The molecule has 2 aromatic heterocycles. The van der Waals surface area contributed by atoms with Gasteiger partial charge in [0.25, 0.3) is 0 Å². The van der Waals surface area contributed by atoms with Gasteiger partial charge in [-0.3, -0.25) is 9.20 Å². The molecule has 1 amide bonds. The van der Waals surface area contributed by atoms with Crippen LogP contribution in [0, 0.1) is 0 Å². The molecule has 7 heteroatoms. The SMILES string of the molecule is COCCNC(=O)Cn1nc2ccccn2c1=O. The lowest BCUT2D eigenvalue weighted by Gasteiger charge is -2.03. The molecule has 0 aromatic carbocycles. The smallest absolute Gasteiger partial charge is 0.350 e. The maximum atomic E-state index is 11.9. The Balaban J connectivity index is 2.10. The number of hydrogen-bond acceptors (Lipinski definition) is 4. The minimum atomic E-state index is -0.326. The molecule has 1 N–H and O–H groups in total. The highest BCUT2D eigenvalue weighted by molar-refractivity contribution is 5.75. The van der Waals surface area contributed by atoms with Gasteiger partial charge in [0.05, 0.1) is 6.61 Å². The third kappa shape index (κ3) is 2.57. The Kier molecular flexibility index (Phi) is 3.73. The van der Waals surface area contributed by atoms with Crippen LogP contribution in [-0.4, -0.2) is 40.3 Å². The van der Waals surface area contributed by atoms with Crippen molar-refractivity contribution in [2.24, 2.45) is 0 Å². The second kappa shape index (κ2) is 5.46. The van der Waals surface area contributed by atoms with Crippen molar-refractivity contribution in [2.45, 2.75) is 6.54 Å². The number of nitrogens with zero attached hydrogens (tertiary/aromatic N) is 3. The van der Waals surface area contributed by atoms with Crippen LogP contribution < -0.4 is 11.0 Å². The fraction of sp³-hybridized carbons (Fsp3) is 0.364. The van der Waals surface area contributed by atoms with Gasteiger partial charge < -0.3 is 10.1 Å². The lowest BCUT2D eigenvalue weighted by Crippen LogP contribution is -2.34. The third-order valence-corrected chi connectivity index (χ3v) is 2.41. The Bertz CT molecular complexity index is 602. The van der Waals surface area contributed by atoms with Crippen LogP contribution in [0.4, 0.5) is 0 Å². The van der Waals surface area contributed by atoms with Crippen molar-refractivity contribution in [3.05, 3.63) is 34.9 Å². The molecule has 0 fully saturated rings. The van der Waals surface area contributed by atoms with Crippen LogP contribution in [0.1, 0.15) is 0 Å². The molecule has 96 valence electrons. The summed E-state index contributed by atoms with van der Waals surface area (Å²) >= 11 is 0. The van der Waals surface area contributed by atoms with Crippen LogP contribution in [0.15, 0.2) is 29.2 Å². The van der Waals surface area contributed by atoms with Crippen molar-refractivity contribution in [1.29, 1.82) is 0 Å². The number of ether oxygens (including phenoxy) is 1. The van der Waals surface area contributed by atoms with E-state index in [4.69, 9.17) is 4.74 Å². The molecule has 7 nitrogen and oxygen atoms in total. The number of carbonyl (C=O) groups is 1. The standard InChI is InChI=1S/C11H14N4O3/c1-18-7-5-12-10(16)8-15-11(17)14-6-3-2-4-9(14)13-15/h2-4,6H,5,7-8H2,1H3,(H,12,16). The summed E-state index contributed by atoms with van der Waals surface area (Å²) in [7, 11) is 1.55. The monoisotopic (exact) mass is 250 g/mol. The first-order valence-electron chi connectivity index (χ1n) is 5.52. The number of nitrogens with one attached hydrogen (secondary N) is 1. The van der Waals surface area contributed by atoms with Gasteiger partial charge >= 0.3 is 5.69 Å². The van der Waals surface area contributed by atoms with E-state index in [2.05, 4.69) is 10.4 Å². The molecular formula is C11H14N4O3. The number of hydrogen-bond donors (Lipinski definition) is 1. The van der Waals surface area contributed by atoms with Gasteiger partial charge in [0.1, 0.15) is 6.54 Å². The summed E-state index contributed by atoms with van der Waals surface area (Å²) in [6.45, 7) is 0.757. The van der Waals surface area contributed by atoms with Crippen LogP contribution in [0.25, 0.3) is 5.65 Å². The molecule has 0 aliphatic rings. The second-order valence-electron chi connectivity index (χ2n) is 3.71. The molecule has 0 aliphatic heterocycles. The zero-order valence-corrected chi connectivity index (χ0v) is 10.00. The highest BCUT2D eigenvalue weighted by Gasteiger charge is 2.09. The highest BCUT2D eigenvalue weighted by atomic mass is 16.5. The fourth-order valence-electron chi connectivity index (χ4n) is 1.56. The van der Waals surface area contributed by atoms with Crippen LogP contribution in [0.5, 0.6) is 0 Å². The lowest BCUT2D eigenvalue weighted by atomic mass is 10.5. The Labute approximate surface area is 103 Å². The quantitative estimate of drug-likeness (QED) is 0.709. The number of carbonyl (C=O) groups excluding carboxylic acids is 1. The number of rotatable bonds is 5. The normalized spacial score (nSPS) is 10.7. The molecule has 0 saturated carbocycles. The van der Waals surface area contributed by atoms with E-state index in [-0.39, 0.29) is 18.1 Å². The van der Waals surface area contributed by atoms with E-state index in [1.54, 1.807) is 31.5 Å². The van der Waals surface area contributed by atoms with E-state index in [0.29, 0.717) is 18.8 Å². The third-order valence-electron chi connectivity index (χ3n) is 2.41. The van der Waals surface area contributed by atoms with Gasteiger partial charge in [-0.1, -0.05) is 6.07 Å². The van der Waals surface area contributed by atoms with Gasteiger partial charge in [0.2, 0.25) is 5.91 Å². The molecular weight excluding hydrogens is 236 g/mol. The molecule has 0 spiro atoms. The summed E-state index contributed by atoms with van der Waals surface area (Å²) in [5, 5.41) is 6.69. The van der Waals surface area contributed by atoms with Gasteiger partial charge in [0, 0.05) is 19.9 Å². The minimum Gasteiger partial charge on any atom is -0.383 e. The summed E-state index contributed by atoms with van der Waals surface area (Å²) in [5.74, 6) is -0.266. The molecule has 0 radical (unpaired) electrons. The van der Waals surface area contributed by atoms with E-state index >= 15 is 0 Å². The first-order chi connectivity index (χ1) is 8.72. The number of amides is 1. The van der Waals surface area contributed by atoms with Gasteiger partial charge in [-0.05, 0) is 12.1 Å². The van der Waals surface area contributed by atoms with Crippen LogP contribution >= 0.6 is 0 Å². The van der Waals surface area contributed by atoms with Gasteiger partial charge in [-0.25, -0.2) is 9.48 Å². The number of methoxy groups -OCH3 is 1. The summed E-state index contributed by atoms with van der Waals surface area (Å²) in [4.78, 5) is 23.4. The number of aromatic nitrogens is 3. The molecule has 0 aliphatic carbocycles. The van der Waals surface area contributed by atoms with Crippen molar-refractivity contribution in [3.63, 3.8) is 0 Å². The van der Waals surface area contributed by atoms with Gasteiger partial charge in [-0.2, -0.15) is 0 Å². The van der Waals surface area contributed by atoms with E-state index < -0.39 is 0 Å². The Hall–Kier alpha value is -2.15. The topological polar surface area (TPSA) is 77.6 Å². The predicted molar refractivity (Wildman–Crippen MR) is 64.3 cm³/mol. The molecule has 0 bridgehead atoms. The van der Waals surface area contributed by atoms with E-state index in [9.17, 15) is 9.59 Å². The zero-order valence-electron chi connectivity index (χ0n) is 10.00. The summed E-state index contributed by atoms with van der Waals surface area (Å²) in [6, 6.07) is 5.23. The van der Waals surface area contributed by atoms with E-state index in [0.717, 1.165) is 4.68 Å². The van der Waals surface area contributed by atoms with Crippen LogP contribution in [0.3, 0.4) is 0 Å². The van der Waals surface area contributed by atoms with E-state index in [1.165, 1.54) is 4.40 Å². The van der Waals surface area contributed by atoms with Crippen molar-refractivity contribution < 1.29 is 9.53 Å². The molecule has 2 rings (SSSR count). The largest absolute Gasteiger partial charge is 0.383 e. The average molecular weight is 250 g/mol. The summed E-state index contributed by atoms with van der Waals surface area (Å²) in [6.07, 6.45) is 1.62. The van der Waals surface area contributed by atoms with Crippen molar-refractivity contribution in [2.75, 3.05) is 20.3 Å². The Morgan fingerprint density at radius 2 is 2.33 bits per heavy atom. The maximum absolute atomic E-state index is 11.9. The van der Waals surface area contributed by atoms with Crippen molar-refractivity contribution in [1.82, 2.24) is 19.5 Å². The summed E-state index contributed by atoms with van der Waals surface area (Å²) < 4.78 is 7.34. The first-order valence-corrected chi connectivity index (χ1v) is 5.52. The zero-order chi connectivity index (χ0) is 13.0. The van der Waals surface area contributed by atoms with Gasteiger partial charge in [-0.15, -0.1) is 5.10 Å². The Morgan fingerprint density at radius 1 is 1.50 bits per heavy atom. The second-order valence-corrected chi connectivity index (χ2v) is 3.71. The van der Waals surface area contributed by atoms with Crippen molar-refractivity contribution in [3.8, 4) is 0 Å². The van der Waals surface area contributed by atoms with Gasteiger partial charge in [0.15, 0.2) is 5.65 Å². The Morgan fingerprint density at radius 3 is 3.06 bits per heavy atom. The van der Waals surface area contributed by atoms with Crippen molar-refractivity contribution >= 4 is 11.6 Å². The molecule has 0 saturated heterocycles. The lowest BCUT2D eigenvalue weighted by molar-refractivity contribution is -0.122. The molecule has 0 unspecified atom stereocenters. The average Bonchev–Trinajstić information content (AvgIpc) is 2.67. The summed E-state index contributed by atoms with van der Waals surface area (Å²) in [5.41, 5.74) is 0.194. The van der Waals surface area contributed by atoms with E-state index in [1.807, 2.05) is 0 Å². The predicted octanol–water partition coefficient (Wildman–Crippen LogP) is -0.741. The van der Waals surface area contributed by atoms with Crippen LogP contribution in [-0.2, 0) is 16.1 Å². The molecule has 2 heterocycles. The fourth-order valence-corrected chi connectivity index (χ4v) is 1.56. The van der Waals surface area contributed by atoms with Crippen LogP contribution in [0.2, 0.25) is 0 Å². The number of fused-ring (bicyclic) bond motifs is 1. The first kappa shape index (κ1) is 12.3. The minimum absolute atomic E-state index is 0.0930. The maximum Gasteiger partial charge on any atom is 0.350 e. The molecule has 18 heavy (non-hydrogen) atoms. The highest BCUT2D eigenvalue weighted by Crippen LogP contribution is 1.94. The molecule has 2 aromatic rings.